The van der Waals surface area contributed by atoms with Crippen molar-refractivity contribution in [2.45, 2.75) is 13.0 Å². The first-order valence-electron chi connectivity index (χ1n) is 7.25. The summed E-state index contributed by atoms with van der Waals surface area (Å²) in [6.07, 6.45) is 0.839. The molecular weight excluding hydrogens is 317 g/mol. The van der Waals surface area contributed by atoms with Crippen LogP contribution in [0, 0.1) is 5.82 Å². The summed E-state index contributed by atoms with van der Waals surface area (Å²) in [5.74, 6) is -0.346. The molecule has 0 spiro atoms. The number of phenols is 1. The Hall–Kier alpha value is -2.27. The van der Waals surface area contributed by atoms with Gasteiger partial charge < -0.3 is 15.7 Å². The third-order valence-electron chi connectivity index (χ3n) is 3.32. The Balaban J connectivity index is 1.79. The summed E-state index contributed by atoms with van der Waals surface area (Å²) in [6, 6.07) is 12.0. The number of rotatable bonds is 5. The Morgan fingerprint density at radius 3 is 2.48 bits per heavy atom. The summed E-state index contributed by atoms with van der Waals surface area (Å²) >= 11 is 5.85. The van der Waals surface area contributed by atoms with Gasteiger partial charge in [0.25, 0.3) is 0 Å². The fraction of sp³-hybridized carbons (Fsp3) is 0.235. The molecule has 23 heavy (non-hydrogen) atoms. The van der Waals surface area contributed by atoms with Gasteiger partial charge >= 0.3 is 0 Å². The number of aromatic hydroxyl groups is 1. The molecule has 0 radical (unpaired) electrons. The fourth-order valence-electron chi connectivity index (χ4n) is 2.04. The molecule has 0 fully saturated rings. The van der Waals surface area contributed by atoms with Gasteiger partial charge in [-0.2, -0.15) is 0 Å². The maximum atomic E-state index is 13.3. The number of hydrogen-bond acceptors (Lipinski definition) is 2. The van der Waals surface area contributed by atoms with Crippen molar-refractivity contribution in [3.8, 4) is 5.75 Å². The van der Waals surface area contributed by atoms with Crippen molar-refractivity contribution in [1.29, 1.82) is 0 Å². The molecular formula is C17H19ClFN3O. The quantitative estimate of drug-likeness (QED) is 0.581. The maximum absolute atomic E-state index is 13.3. The van der Waals surface area contributed by atoms with Crippen LogP contribution in [-0.4, -0.2) is 24.7 Å². The molecule has 2 rings (SSSR count). The van der Waals surface area contributed by atoms with Gasteiger partial charge in [-0.3, -0.25) is 4.99 Å². The molecule has 0 aromatic heterocycles. The average molecular weight is 336 g/mol. The fourth-order valence-corrected chi connectivity index (χ4v) is 2.17. The number of benzene rings is 2. The van der Waals surface area contributed by atoms with E-state index in [2.05, 4.69) is 15.6 Å². The second-order valence-electron chi connectivity index (χ2n) is 5.01. The van der Waals surface area contributed by atoms with Crippen LogP contribution in [-0.2, 0) is 13.0 Å². The number of aliphatic imine (C=N–C) groups is 1. The summed E-state index contributed by atoms with van der Waals surface area (Å²) in [6.45, 7) is 1.13. The van der Waals surface area contributed by atoms with E-state index in [1.165, 1.54) is 17.7 Å². The standard InChI is InChI=1S/C17H19ClFN3O/c1-20-17(21-9-8-12-2-5-14(18)6-3-12)22-11-13-4-7-16(23)15(19)10-13/h2-7,10,23H,8-9,11H2,1H3,(H2,20,21,22). The van der Waals surface area contributed by atoms with Crippen molar-refractivity contribution in [3.05, 3.63) is 64.4 Å². The van der Waals surface area contributed by atoms with Gasteiger partial charge in [0.1, 0.15) is 0 Å². The van der Waals surface area contributed by atoms with Crippen LogP contribution in [0.4, 0.5) is 4.39 Å². The topological polar surface area (TPSA) is 56.7 Å². The first kappa shape index (κ1) is 17.1. The van der Waals surface area contributed by atoms with E-state index in [9.17, 15) is 4.39 Å². The van der Waals surface area contributed by atoms with Crippen LogP contribution >= 0.6 is 11.6 Å². The van der Waals surface area contributed by atoms with Gasteiger partial charge in [-0.15, -0.1) is 0 Å². The van der Waals surface area contributed by atoms with Crippen molar-refractivity contribution in [1.82, 2.24) is 10.6 Å². The molecule has 2 aromatic carbocycles. The highest BCUT2D eigenvalue weighted by molar-refractivity contribution is 6.30. The minimum atomic E-state index is -0.630. The number of hydrogen-bond donors (Lipinski definition) is 3. The summed E-state index contributed by atoms with van der Waals surface area (Å²) in [7, 11) is 1.68. The highest BCUT2D eigenvalue weighted by Crippen LogP contribution is 2.15. The Morgan fingerprint density at radius 2 is 1.83 bits per heavy atom. The van der Waals surface area contributed by atoms with E-state index in [0.717, 1.165) is 17.0 Å². The predicted octanol–water partition coefficient (Wildman–Crippen LogP) is 3.09. The van der Waals surface area contributed by atoms with Gasteiger partial charge in [0, 0.05) is 25.2 Å². The predicted molar refractivity (Wildman–Crippen MR) is 91.4 cm³/mol. The smallest absolute Gasteiger partial charge is 0.191 e. The van der Waals surface area contributed by atoms with Crippen LogP contribution in [0.3, 0.4) is 0 Å². The van der Waals surface area contributed by atoms with Crippen molar-refractivity contribution in [2.24, 2.45) is 4.99 Å². The normalized spacial score (nSPS) is 11.3. The zero-order chi connectivity index (χ0) is 16.7. The molecule has 6 heteroatoms. The lowest BCUT2D eigenvalue weighted by Crippen LogP contribution is -2.37. The average Bonchev–Trinajstić information content (AvgIpc) is 2.55. The minimum Gasteiger partial charge on any atom is -0.505 e. The molecule has 4 nitrogen and oxygen atoms in total. The van der Waals surface area contributed by atoms with E-state index in [-0.39, 0.29) is 5.75 Å². The number of phenolic OH excluding ortho intramolecular Hbond substituents is 1. The molecule has 3 N–H and O–H groups in total. The third kappa shape index (κ3) is 5.45. The molecule has 0 aliphatic carbocycles. The molecule has 0 saturated carbocycles. The zero-order valence-corrected chi connectivity index (χ0v) is 13.6. The van der Waals surface area contributed by atoms with E-state index >= 15 is 0 Å². The van der Waals surface area contributed by atoms with Crippen molar-refractivity contribution in [3.63, 3.8) is 0 Å². The summed E-state index contributed by atoms with van der Waals surface area (Å²) in [5, 5.41) is 16.2. The molecule has 2 aromatic rings. The second-order valence-corrected chi connectivity index (χ2v) is 5.45. The van der Waals surface area contributed by atoms with E-state index in [0.29, 0.717) is 19.0 Å². The molecule has 0 aliphatic rings. The lowest BCUT2D eigenvalue weighted by atomic mass is 10.1. The highest BCUT2D eigenvalue weighted by Gasteiger charge is 2.03. The van der Waals surface area contributed by atoms with E-state index in [4.69, 9.17) is 16.7 Å². The molecule has 0 amide bonds. The zero-order valence-electron chi connectivity index (χ0n) is 12.8. The van der Waals surface area contributed by atoms with E-state index < -0.39 is 5.82 Å². The highest BCUT2D eigenvalue weighted by atomic mass is 35.5. The molecule has 0 saturated heterocycles. The molecule has 0 unspecified atom stereocenters. The molecule has 0 aliphatic heterocycles. The molecule has 122 valence electrons. The monoisotopic (exact) mass is 335 g/mol. The molecule has 0 heterocycles. The van der Waals surface area contributed by atoms with Gasteiger partial charge in [0.15, 0.2) is 17.5 Å². The summed E-state index contributed by atoms with van der Waals surface area (Å²) < 4.78 is 13.3. The van der Waals surface area contributed by atoms with Gasteiger partial charge in [0.2, 0.25) is 0 Å². The van der Waals surface area contributed by atoms with Crippen molar-refractivity contribution in [2.75, 3.05) is 13.6 Å². The lowest BCUT2D eigenvalue weighted by molar-refractivity contribution is 0.431. The van der Waals surface area contributed by atoms with Crippen LogP contribution in [0.2, 0.25) is 5.02 Å². The number of halogens is 2. The van der Waals surface area contributed by atoms with Crippen LogP contribution in [0.1, 0.15) is 11.1 Å². The van der Waals surface area contributed by atoms with Crippen LogP contribution in [0.15, 0.2) is 47.5 Å². The van der Waals surface area contributed by atoms with Crippen LogP contribution in [0.25, 0.3) is 0 Å². The summed E-state index contributed by atoms with van der Waals surface area (Å²) in [4.78, 5) is 4.12. The molecule has 0 atom stereocenters. The third-order valence-corrected chi connectivity index (χ3v) is 3.57. The largest absolute Gasteiger partial charge is 0.505 e. The number of nitrogens with one attached hydrogen (secondary N) is 2. The molecule has 0 bridgehead atoms. The maximum Gasteiger partial charge on any atom is 0.191 e. The number of guanidine groups is 1. The van der Waals surface area contributed by atoms with Crippen molar-refractivity contribution < 1.29 is 9.50 Å². The SMILES string of the molecule is CN=C(NCCc1ccc(Cl)cc1)NCc1ccc(O)c(F)c1. The van der Waals surface area contributed by atoms with Gasteiger partial charge in [-0.1, -0.05) is 29.8 Å². The minimum absolute atomic E-state index is 0.348. The van der Waals surface area contributed by atoms with E-state index in [1.807, 2.05) is 24.3 Å². The van der Waals surface area contributed by atoms with Gasteiger partial charge in [-0.05, 0) is 41.8 Å². The van der Waals surface area contributed by atoms with E-state index in [1.54, 1.807) is 13.1 Å². The Morgan fingerprint density at radius 1 is 1.13 bits per heavy atom. The second kappa shape index (κ2) is 8.39. The Kier molecular flexibility index (Phi) is 6.23. The van der Waals surface area contributed by atoms with Gasteiger partial charge in [-0.25, -0.2) is 4.39 Å². The van der Waals surface area contributed by atoms with Crippen LogP contribution in [0.5, 0.6) is 5.75 Å². The Labute approximate surface area is 140 Å². The number of nitrogens with zero attached hydrogens (tertiary/aromatic N) is 1. The van der Waals surface area contributed by atoms with Crippen molar-refractivity contribution >= 4 is 17.6 Å². The van der Waals surface area contributed by atoms with Crippen LogP contribution < -0.4 is 10.6 Å². The Bertz CT molecular complexity index is 674. The van der Waals surface area contributed by atoms with Gasteiger partial charge in [0.05, 0.1) is 0 Å². The lowest BCUT2D eigenvalue weighted by Gasteiger charge is -2.12. The first-order chi connectivity index (χ1) is 11.1. The summed E-state index contributed by atoms with van der Waals surface area (Å²) in [5.41, 5.74) is 1.90. The first-order valence-corrected chi connectivity index (χ1v) is 7.62.